The van der Waals surface area contributed by atoms with Gasteiger partial charge in [0.05, 0.1) is 23.8 Å². The van der Waals surface area contributed by atoms with E-state index in [0.717, 1.165) is 52.2 Å². The van der Waals surface area contributed by atoms with Gasteiger partial charge in [-0.2, -0.15) is 13.2 Å². The predicted molar refractivity (Wildman–Crippen MR) is 265 cm³/mol. The van der Waals surface area contributed by atoms with Gasteiger partial charge < -0.3 is 25.0 Å². The first-order valence-corrected chi connectivity index (χ1v) is 26.8. The van der Waals surface area contributed by atoms with E-state index in [0.29, 0.717) is 75.1 Å². The Balaban J connectivity index is 1.12. The number of anilines is 2. The van der Waals surface area contributed by atoms with Gasteiger partial charge in [0.1, 0.15) is 4.90 Å². The second-order valence-electron chi connectivity index (χ2n) is 16.9. The summed E-state index contributed by atoms with van der Waals surface area (Å²) in [5.74, 6) is -1.06. The Morgan fingerprint density at radius 2 is 1.54 bits per heavy atom. The number of methoxy groups -OCH3 is 1. The number of aliphatic hydroxyl groups is 1. The summed E-state index contributed by atoms with van der Waals surface area (Å²) >= 11 is 7.52. The standard InChI is InChI=1S/C50H56ClF3N4O8S3/c1-57(29-10-4-7-15-47(59)66-2)30-28-39(34-67-41-11-5-3-6-12-41)55-45-25-24-42(33-46(45)68(62,63)50(52,53)54)69(64,65)56-49(61)37-18-22-40(23-19-37)58-31-26-36(27-32-58)48(60)44-14-9-8-13-43(44)35-16-20-38(51)21-17-35/h3,5-6,8-9,11-14,16-25,33,36,39,48,55,60H,4,7,10,15,26-32,34H2,1-2H3,(H,56,61)/t39?,48-/m1/s1. The molecule has 0 saturated carbocycles. The number of amides is 1. The lowest BCUT2D eigenvalue weighted by molar-refractivity contribution is -0.140. The smallest absolute Gasteiger partial charge is 0.469 e. The van der Waals surface area contributed by atoms with E-state index in [1.807, 2.05) is 95.5 Å². The van der Waals surface area contributed by atoms with Crippen LogP contribution >= 0.6 is 23.4 Å². The van der Waals surface area contributed by atoms with Gasteiger partial charge in [-0.3, -0.25) is 9.59 Å². The molecule has 19 heteroatoms. The van der Waals surface area contributed by atoms with Gasteiger partial charge in [0.25, 0.3) is 25.8 Å². The van der Waals surface area contributed by atoms with Crippen LogP contribution in [0.3, 0.4) is 0 Å². The minimum atomic E-state index is -6.11. The summed E-state index contributed by atoms with van der Waals surface area (Å²) in [5, 5.41) is 15.1. The third-order valence-electron chi connectivity index (χ3n) is 12.1. The molecule has 6 rings (SSSR count). The third kappa shape index (κ3) is 14.5. The minimum Gasteiger partial charge on any atom is -0.469 e. The zero-order valence-corrected chi connectivity index (χ0v) is 41.4. The van der Waals surface area contributed by atoms with Gasteiger partial charge in [-0.05, 0) is 142 Å². The average molecular weight is 1030 g/mol. The number of sulfone groups is 1. The van der Waals surface area contributed by atoms with Crippen molar-refractivity contribution in [1.29, 1.82) is 0 Å². The molecule has 1 amide bonds. The Morgan fingerprint density at radius 3 is 2.20 bits per heavy atom. The second-order valence-corrected chi connectivity index (χ2v) is 22.0. The number of hydrogen-bond donors (Lipinski definition) is 3. The normalized spacial score (nSPS) is 14.6. The number of thioether (sulfide) groups is 1. The lowest BCUT2D eigenvalue weighted by Crippen LogP contribution is -2.36. The van der Waals surface area contributed by atoms with E-state index in [9.17, 15) is 44.7 Å². The maximum Gasteiger partial charge on any atom is 0.501 e. The molecule has 0 bridgehead atoms. The number of nitrogens with zero attached hydrogens (tertiary/aromatic N) is 2. The third-order valence-corrected chi connectivity index (χ3v) is 16.3. The quantitative estimate of drug-likeness (QED) is 0.0342. The summed E-state index contributed by atoms with van der Waals surface area (Å²) in [5.41, 5.74) is -2.83. The molecule has 370 valence electrons. The zero-order valence-electron chi connectivity index (χ0n) is 38.2. The highest BCUT2D eigenvalue weighted by Gasteiger charge is 2.48. The summed E-state index contributed by atoms with van der Waals surface area (Å²) in [4.78, 5) is 27.6. The number of benzene rings is 5. The molecule has 1 unspecified atom stereocenters. The van der Waals surface area contributed by atoms with E-state index < -0.39 is 58.9 Å². The van der Waals surface area contributed by atoms with Crippen LogP contribution in [0.4, 0.5) is 24.5 Å². The van der Waals surface area contributed by atoms with Crippen LogP contribution in [-0.4, -0.2) is 96.4 Å². The number of ether oxygens (including phenoxy) is 1. The number of esters is 1. The van der Waals surface area contributed by atoms with Crippen molar-refractivity contribution >= 4 is 66.5 Å². The molecule has 5 aromatic carbocycles. The second kappa shape index (κ2) is 24.1. The SMILES string of the molecule is COC(=O)CCCCCN(C)CCC(CSc1ccccc1)Nc1ccc(S(=O)(=O)NC(=O)c2ccc(N3CCC([C@@H](O)c4ccccc4-c4ccc(Cl)cc4)CC3)cc2)cc1S(=O)(=O)C(F)(F)F. The van der Waals surface area contributed by atoms with Crippen LogP contribution < -0.4 is 14.9 Å². The first-order valence-electron chi connectivity index (χ1n) is 22.5. The fourth-order valence-electron chi connectivity index (χ4n) is 8.12. The topological polar surface area (TPSA) is 162 Å². The Bertz CT molecular complexity index is 2730. The highest BCUT2D eigenvalue weighted by Crippen LogP contribution is 2.39. The molecule has 0 aliphatic carbocycles. The molecular weight excluding hydrogens is 973 g/mol. The Kier molecular flexibility index (Phi) is 18.6. The average Bonchev–Trinajstić information content (AvgIpc) is 3.34. The van der Waals surface area contributed by atoms with Gasteiger partial charge in [-0.1, -0.05) is 72.6 Å². The highest BCUT2D eigenvalue weighted by molar-refractivity contribution is 7.99. The van der Waals surface area contributed by atoms with Crippen molar-refractivity contribution < 1.29 is 49.4 Å². The molecule has 69 heavy (non-hydrogen) atoms. The first-order chi connectivity index (χ1) is 32.9. The van der Waals surface area contributed by atoms with Gasteiger partial charge >= 0.3 is 11.5 Å². The predicted octanol–water partition coefficient (Wildman–Crippen LogP) is 10.00. The number of carbonyl (C=O) groups is 2. The van der Waals surface area contributed by atoms with Gasteiger partial charge in [0, 0.05) is 52.5 Å². The number of piperidine rings is 1. The van der Waals surface area contributed by atoms with Crippen LogP contribution in [0.15, 0.2) is 136 Å². The van der Waals surface area contributed by atoms with Gasteiger partial charge in [0.2, 0.25) is 0 Å². The number of alkyl halides is 3. The fraction of sp³-hybridized carbons (Fsp3) is 0.360. The van der Waals surface area contributed by atoms with Crippen molar-refractivity contribution in [3.8, 4) is 11.1 Å². The maximum atomic E-state index is 14.2. The van der Waals surface area contributed by atoms with Crippen LogP contribution in [0, 0.1) is 5.92 Å². The molecule has 0 spiro atoms. The fourth-order valence-corrected chi connectivity index (χ4v) is 11.3. The van der Waals surface area contributed by atoms with E-state index in [-0.39, 0.29) is 17.5 Å². The number of carbonyl (C=O) groups excluding carboxylic acids is 2. The van der Waals surface area contributed by atoms with Crippen LogP contribution in [-0.2, 0) is 29.4 Å². The number of sulfonamides is 1. The van der Waals surface area contributed by atoms with E-state index in [2.05, 4.69) is 15.0 Å². The molecule has 1 aliphatic heterocycles. The lowest BCUT2D eigenvalue weighted by atomic mass is 9.84. The zero-order chi connectivity index (χ0) is 49.8. The molecule has 1 aliphatic rings. The molecule has 1 heterocycles. The van der Waals surface area contributed by atoms with Crippen molar-refractivity contribution in [1.82, 2.24) is 9.62 Å². The van der Waals surface area contributed by atoms with E-state index in [4.69, 9.17) is 11.6 Å². The highest BCUT2D eigenvalue weighted by atomic mass is 35.5. The van der Waals surface area contributed by atoms with Crippen molar-refractivity contribution in [2.75, 3.05) is 56.3 Å². The van der Waals surface area contributed by atoms with Crippen LogP contribution in [0.5, 0.6) is 0 Å². The lowest BCUT2D eigenvalue weighted by Gasteiger charge is -2.36. The largest absolute Gasteiger partial charge is 0.501 e. The van der Waals surface area contributed by atoms with Gasteiger partial charge in [-0.15, -0.1) is 11.8 Å². The van der Waals surface area contributed by atoms with Crippen molar-refractivity contribution in [3.05, 3.63) is 137 Å². The molecule has 1 fully saturated rings. The number of nitrogens with one attached hydrogen (secondary N) is 2. The maximum absolute atomic E-state index is 14.2. The number of rotatable bonds is 22. The minimum absolute atomic E-state index is 0.0264. The molecular formula is C50H56ClF3N4O8S3. The van der Waals surface area contributed by atoms with E-state index in [1.165, 1.54) is 31.0 Å². The molecule has 0 aromatic heterocycles. The monoisotopic (exact) mass is 1030 g/mol. The van der Waals surface area contributed by atoms with Crippen LogP contribution in [0.1, 0.15) is 67.0 Å². The molecule has 1 saturated heterocycles. The summed E-state index contributed by atoms with van der Waals surface area (Å²) in [6.07, 6.45) is 3.54. The summed E-state index contributed by atoms with van der Waals surface area (Å²) < 4.78 is 103. The van der Waals surface area contributed by atoms with Gasteiger partial charge in [0.15, 0.2) is 0 Å². The van der Waals surface area contributed by atoms with E-state index in [1.54, 1.807) is 12.1 Å². The van der Waals surface area contributed by atoms with Crippen LogP contribution in [0.25, 0.3) is 11.1 Å². The number of aliphatic hydroxyl groups excluding tert-OH is 1. The van der Waals surface area contributed by atoms with Crippen LogP contribution in [0.2, 0.25) is 5.02 Å². The Morgan fingerprint density at radius 1 is 0.870 bits per heavy atom. The molecule has 5 aromatic rings. The molecule has 2 atom stereocenters. The van der Waals surface area contributed by atoms with E-state index >= 15 is 0 Å². The molecule has 0 radical (unpaired) electrons. The number of hydrogen-bond acceptors (Lipinski definition) is 12. The molecule has 12 nitrogen and oxygen atoms in total. The summed E-state index contributed by atoms with van der Waals surface area (Å²) in [6, 6.07) is 32.3. The summed E-state index contributed by atoms with van der Waals surface area (Å²) in [6.45, 7) is 2.35. The Labute approximate surface area is 411 Å². The molecule has 3 N–H and O–H groups in total. The number of halogens is 4. The van der Waals surface area contributed by atoms with Crippen molar-refractivity contribution in [2.24, 2.45) is 5.92 Å². The van der Waals surface area contributed by atoms with Crippen molar-refractivity contribution in [2.45, 2.75) is 77.3 Å². The Hall–Kier alpha value is -5.11. The summed E-state index contributed by atoms with van der Waals surface area (Å²) in [7, 11) is -7.78. The number of unbranched alkanes of at least 4 members (excludes halogenated alkanes) is 2. The first kappa shape index (κ1) is 53.2. The van der Waals surface area contributed by atoms with Gasteiger partial charge in [-0.25, -0.2) is 21.6 Å². The van der Waals surface area contributed by atoms with Crippen molar-refractivity contribution in [3.63, 3.8) is 0 Å².